The molecule has 18 heavy (non-hydrogen) atoms. The molecule has 0 aliphatic carbocycles. The second-order valence-corrected chi connectivity index (χ2v) is 4.93. The zero-order valence-corrected chi connectivity index (χ0v) is 11.8. The molecule has 0 unspecified atom stereocenters. The van der Waals surface area contributed by atoms with Crippen LogP contribution in [0.15, 0.2) is 12.1 Å². The summed E-state index contributed by atoms with van der Waals surface area (Å²) >= 11 is 0. The van der Waals surface area contributed by atoms with Crippen LogP contribution in [0.25, 0.3) is 11.3 Å². The van der Waals surface area contributed by atoms with E-state index in [1.165, 1.54) is 27.8 Å². The Morgan fingerprint density at radius 1 is 1.06 bits per heavy atom. The zero-order valence-electron chi connectivity index (χ0n) is 11.8. The Morgan fingerprint density at radius 3 is 2.28 bits per heavy atom. The predicted octanol–water partition coefficient (Wildman–Crippen LogP) is 2.78. The van der Waals surface area contributed by atoms with Crippen molar-refractivity contribution >= 4 is 0 Å². The summed E-state index contributed by atoms with van der Waals surface area (Å²) in [6, 6.07) is 4.32. The van der Waals surface area contributed by atoms with Crippen molar-refractivity contribution in [1.82, 2.24) is 9.78 Å². The van der Waals surface area contributed by atoms with Gasteiger partial charge in [0.05, 0.1) is 11.4 Å². The molecule has 0 spiro atoms. The molecular weight excluding hydrogens is 222 g/mol. The molecule has 0 fully saturated rings. The first-order chi connectivity index (χ1) is 8.47. The van der Waals surface area contributed by atoms with Crippen LogP contribution in [0.1, 0.15) is 27.9 Å². The average Bonchev–Trinajstić information content (AvgIpc) is 2.62. The smallest absolute Gasteiger partial charge is 0.0958 e. The first-order valence-electron chi connectivity index (χ1n) is 6.27. The van der Waals surface area contributed by atoms with Gasteiger partial charge in [0.15, 0.2) is 0 Å². The van der Waals surface area contributed by atoms with Gasteiger partial charge in [0.2, 0.25) is 0 Å². The van der Waals surface area contributed by atoms with Crippen molar-refractivity contribution < 1.29 is 0 Å². The van der Waals surface area contributed by atoms with Gasteiger partial charge in [0, 0.05) is 19.2 Å². The molecule has 3 nitrogen and oxygen atoms in total. The van der Waals surface area contributed by atoms with E-state index in [9.17, 15) is 0 Å². The second-order valence-electron chi connectivity index (χ2n) is 4.93. The minimum Gasteiger partial charge on any atom is -0.325 e. The molecule has 2 rings (SSSR count). The number of rotatable bonds is 2. The molecule has 2 N–H and O–H groups in total. The van der Waals surface area contributed by atoms with Crippen molar-refractivity contribution in [2.45, 2.75) is 34.2 Å². The standard InChI is InChI=1S/C15H21N3/c1-9-6-7-13(11(3)10(9)2)15-12(4)14(8-16)18(5)17-15/h6-7H,8,16H2,1-5H3. The predicted molar refractivity (Wildman–Crippen MR) is 75.5 cm³/mol. The van der Waals surface area contributed by atoms with Gasteiger partial charge in [-0.3, -0.25) is 4.68 Å². The number of nitrogens with zero attached hydrogens (tertiary/aromatic N) is 2. The molecule has 0 saturated heterocycles. The van der Waals surface area contributed by atoms with Gasteiger partial charge in [-0.2, -0.15) is 5.10 Å². The molecule has 0 saturated carbocycles. The van der Waals surface area contributed by atoms with Crippen LogP contribution in [-0.4, -0.2) is 9.78 Å². The molecule has 0 bridgehead atoms. The summed E-state index contributed by atoms with van der Waals surface area (Å²) in [6.07, 6.45) is 0. The summed E-state index contributed by atoms with van der Waals surface area (Å²) in [5.74, 6) is 0. The van der Waals surface area contributed by atoms with Crippen LogP contribution < -0.4 is 5.73 Å². The number of benzene rings is 1. The lowest BCUT2D eigenvalue weighted by Gasteiger charge is -2.10. The van der Waals surface area contributed by atoms with E-state index in [2.05, 4.69) is 44.9 Å². The van der Waals surface area contributed by atoms with E-state index in [4.69, 9.17) is 5.73 Å². The summed E-state index contributed by atoms with van der Waals surface area (Å²) in [5, 5.41) is 4.62. The monoisotopic (exact) mass is 243 g/mol. The SMILES string of the molecule is Cc1ccc(-c2nn(C)c(CN)c2C)c(C)c1C. The molecule has 0 aliphatic rings. The number of nitrogens with two attached hydrogens (primary N) is 1. The number of hydrogen-bond donors (Lipinski definition) is 1. The number of aryl methyl sites for hydroxylation is 2. The lowest BCUT2D eigenvalue weighted by atomic mass is 9.95. The minimum atomic E-state index is 0.527. The molecule has 1 heterocycles. The fourth-order valence-electron chi connectivity index (χ4n) is 2.42. The van der Waals surface area contributed by atoms with E-state index in [1.807, 2.05) is 11.7 Å². The van der Waals surface area contributed by atoms with Crippen LogP contribution in [0.3, 0.4) is 0 Å². The Morgan fingerprint density at radius 2 is 1.72 bits per heavy atom. The lowest BCUT2D eigenvalue weighted by molar-refractivity contribution is 0.712. The maximum absolute atomic E-state index is 5.77. The highest BCUT2D eigenvalue weighted by molar-refractivity contribution is 5.69. The van der Waals surface area contributed by atoms with E-state index < -0.39 is 0 Å². The molecule has 96 valence electrons. The highest BCUT2D eigenvalue weighted by Crippen LogP contribution is 2.29. The molecule has 0 amide bonds. The molecule has 1 aromatic heterocycles. The van der Waals surface area contributed by atoms with Gasteiger partial charge in [-0.1, -0.05) is 12.1 Å². The van der Waals surface area contributed by atoms with Crippen LogP contribution in [0.4, 0.5) is 0 Å². The summed E-state index contributed by atoms with van der Waals surface area (Å²) in [4.78, 5) is 0. The summed E-state index contributed by atoms with van der Waals surface area (Å²) in [6.45, 7) is 9.09. The van der Waals surface area contributed by atoms with Crippen LogP contribution in [0.5, 0.6) is 0 Å². The fraction of sp³-hybridized carbons (Fsp3) is 0.400. The van der Waals surface area contributed by atoms with Crippen molar-refractivity contribution in [3.63, 3.8) is 0 Å². The summed E-state index contributed by atoms with van der Waals surface area (Å²) < 4.78 is 1.89. The van der Waals surface area contributed by atoms with Crippen molar-refractivity contribution in [3.8, 4) is 11.3 Å². The Kier molecular flexibility index (Phi) is 3.26. The lowest BCUT2D eigenvalue weighted by Crippen LogP contribution is -2.05. The van der Waals surface area contributed by atoms with Gasteiger partial charge < -0.3 is 5.73 Å². The van der Waals surface area contributed by atoms with E-state index in [1.54, 1.807) is 0 Å². The van der Waals surface area contributed by atoms with E-state index >= 15 is 0 Å². The molecule has 3 heteroatoms. The summed E-state index contributed by atoms with van der Waals surface area (Å²) in [7, 11) is 1.95. The van der Waals surface area contributed by atoms with Crippen LogP contribution in [0.2, 0.25) is 0 Å². The van der Waals surface area contributed by atoms with Gasteiger partial charge in [-0.15, -0.1) is 0 Å². The quantitative estimate of drug-likeness (QED) is 0.881. The molecule has 0 radical (unpaired) electrons. The van der Waals surface area contributed by atoms with Crippen LogP contribution in [0, 0.1) is 27.7 Å². The van der Waals surface area contributed by atoms with Gasteiger partial charge in [-0.05, 0) is 49.9 Å². The Hall–Kier alpha value is -1.61. The third kappa shape index (κ3) is 1.85. The molecule has 1 aromatic carbocycles. The third-order valence-electron chi connectivity index (χ3n) is 3.94. The second kappa shape index (κ2) is 4.58. The minimum absolute atomic E-state index is 0.527. The maximum Gasteiger partial charge on any atom is 0.0958 e. The maximum atomic E-state index is 5.77. The third-order valence-corrected chi connectivity index (χ3v) is 3.94. The Balaban J connectivity index is 2.67. The largest absolute Gasteiger partial charge is 0.325 e. The van der Waals surface area contributed by atoms with Crippen molar-refractivity contribution in [2.24, 2.45) is 12.8 Å². The van der Waals surface area contributed by atoms with Crippen molar-refractivity contribution in [2.75, 3.05) is 0 Å². The van der Waals surface area contributed by atoms with Crippen molar-refractivity contribution in [3.05, 3.63) is 40.1 Å². The van der Waals surface area contributed by atoms with Crippen LogP contribution >= 0.6 is 0 Å². The highest BCUT2D eigenvalue weighted by atomic mass is 15.3. The van der Waals surface area contributed by atoms with E-state index in [-0.39, 0.29) is 0 Å². The highest BCUT2D eigenvalue weighted by Gasteiger charge is 2.15. The Labute approximate surface area is 109 Å². The number of aromatic nitrogens is 2. The topological polar surface area (TPSA) is 43.8 Å². The van der Waals surface area contributed by atoms with Gasteiger partial charge in [0.25, 0.3) is 0 Å². The molecule has 2 aromatic rings. The summed E-state index contributed by atoms with van der Waals surface area (Å²) in [5.41, 5.74) is 14.3. The van der Waals surface area contributed by atoms with E-state index in [0.29, 0.717) is 6.54 Å². The zero-order chi connectivity index (χ0) is 13.4. The fourth-order valence-corrected chi connectivity index (χ4v) is 2.42. The first kappa shape index (κ1) is 12.8. The average molecular weight is 243 g/mol. The molecule has 0 aliphatic heterocycles. The molecule has 0 atom stereocenters. The Bertz CT molecular complexity index is 594. The first-order valence-corrected chi connectivity index (χ1v) is 6.27. The number of hydrogen-bond acceptors (Lipinski definition) is 2. The van der Waals surface area contributed by atoms with Gasteiger partial charge in [0.1, 0.15) is 0 Å². The normalized spacial score (nSPS) is 11.0. The van der Waals surface area contributed by atoms with Gasteiger partial charge in [-0.25, -0.2) is 0 Å². The van der Waals surface area contributed by atoms with Gasteiger partial charge >= 0.3 is 0 Å². The van der Waals surface area contributed by atoms with Crippen molar-refractivity contribution in [1.29, 1.82) is 0 Å². The van der Waals surface area contributed by atoms with Crippen LogP contribution in [-0.2, 0) is 13.6 Å². The molecular formula is C15H21N3. The van der Waals surface area contributed by atoms with E-state index in [0.717, 1.165) is 11.4 Å².